The third-order valence-electron chi connectivity index (χ3n) is 4.71. The van der Waals surface area contributed by atoms with Gasteiger partial charge < -0.3 is 5.73 Å². The summed E-state index contributed by atoms with van der Waals surface area (Å²) in [4.78, 5) is 12.2. The van der Waals surface area contributed by atoms with E-state index >= 15 is 0 Å². The van der Waals surface area contributed by atoms with E-state index in [4.69, 9.17) is 5.73 Å². The summed E-state index contributed by atoms with van der Waals surface area (Å²) in [6.45, 7) is 3.05. The molecule has 148 valence electrons. The molecule has 0 radical (unpaired) electrons. The van der Waals surface area contributed by atoms with Gasteiger partial charge in [0.15, 0.2) is 5.82 Å². The number of fused-ring (bicyclic) bond motifs is 1. The minimum atomic E-state index is -3.13. The van der Waals surface area contributed by atoms with Crippen molar-refractivity contribution >= 4 is 37.4 Å². The molecule has 10 heteroatoms. The summed E-state index contributed by atoms with van der Waals surface area (Å²) >= 11 is 1.53. The van der Waals surface area contributed by atoms with Crippen molar-refractivity contribution in [2.24, 2.45) is 0 Å². The van der Waals surface area contributed by atoms with Crippen LogP contribution in [0, 0.1) is 5.82 Å². The van der Waals surface area contributed by atoms with Gasteiger partial charge in [-0.1, -0.05) is 12.1 Å². The van der Waals surface area contributed by atoms with Gasteiger partial charge in [0.2, 0.25) is 10.0 Å². The Hall–Kier alpha value is -2.14. The molecular formula is C18H20FN5O2S2. The molecule has 1 aliphatic rings. The molecule has 2 aromatic heterocycles. The van der Waals surface area contributed by atoms with E-state index in [1.54, 1.807) is 12.1 Å². The summed E-state index contributed by atoms with van der Waals surface area (Å²) < 4.78 is 39.1. The molecule has 0 amide bonds. The Labute approximate surface area is 166 Å². The quantitative estimate of drug-likeness (QED) is 0.694. The van der Waals surface area contributed by atoms with Gasteiger partial charge in [-0.2, -0.15) is 4.31 Å². The molecule has 0 spiro atoms. The number of benzene rings is 1. The lowest BCUT2D eigenvalue weighted by atomic mass is 10.2. The molecule has 28 heavy (non-hydrogen) atoms. The Bertz CT molecular complexity index is 1120. The van der Waals surface area contributed by atoms with E-state index < -0.39 is 10.0 Å². The van der Waals surface area contributed by atoms with Gasteiger partial charge in [0, 0.05) is 43.2 Å². The first-order valence-corrected chi connectivity index (χ1v) is 11.5. The van der Waals surface area contributed by atoms with E-state index in [-0.39, 0.29) is 5.82 Å². The Morgan fingerprint density at radius 2 is 1.93 bits per heavy atom. The maximum absolute atomic E-state index is 13.5. The number of nitrogens with two attached hydrogens (primary N) is 1. The highest BCUT2D eigenvalue weighted by atomic mass is 32.2. The van der Waals surface area contributed by atoms with Crippen molar-refractivity contribution in [1.29, 1.82) is 0 Å². The Balaban J connectivity index is 1.54. The molecule has 3 aromatic rings. The van der Waals surface area contributed by atoms with Crippen LogP contribution in [0.2, 0.25) is 0 Å². The number of hydrogen-bond donors (Lipinski definition) is 1. The molecule has 0 atom stereocenters. The van der Waals surface area contributed by atoms with Crippen molar-refractivity contribution in [2.45, 2.75) is 6.54 Å². The van der Waals surface area contributed by atoms with Crippen LogP contribution in [0.3, 0.4) is 0 Å². The first-order chi connectivity index (χ1) is 13.3. The SMILES string of the molecule is CS(=O)(=O)N1CCN(Cc2cc3nc(-c4cccc(F)c4)nc(N)c3s2)CC1. The Kier molecular flexibility index (Phi) is 5.04. The average Bonchev–Trinajstić information content (AvgIpc) is 3.04. The van der Waals surface area contributed by atoms with Crippen LogP contribution in [-0.2, 0) is 16.6 Å². The number of piperazine rings is 1. The molecule has 0 unspecified atom stereocenters. The smallest absolute Gasteiger partial charge is 0.211 e. The molecular weight excluding hydrogens is 401 g/mol. The van der Waals surface area contributed by atoms with E-state index in [1.807, 2.05) is 6.07 Å². The number of rotatable bonds is 4. The normalized spacial score (nSPS) is 16.6. The highest BCUT2D eigenvalue weighted by Crippen LogP contribution is 2.31. The zero-order valence-electron chi connectivity index (χ0n) is 15.3. The van der Waals surface area contributed by atoms with E-state index in [1.165, 1.54) is 34.0 Å². The first kappa shape index (κ1) is 19.2. The van der Waals surface area contributed by atoms with Gasteiger partial charge in [0.25, 0.3) is 0 Å². The zero-order chi connectivity index (χ0) is 19.9. The molecule has 0 aliphatic carbocycles. The standard InChI is InChI=1S/C18H20FN5O2S2/c1-28(25,26)24-7-5-23(6-8-24)11-14-10-15-16(27-14)17(20)22-18(21-15)12-3-2-4-13(19)9-12/h2-4,9-10H,5-8,11H2,1H3,(H2,20,21,22). The fourth-order valence-electron chi connectivity index (χ4n) is 3.28. The van der Waals surface area contributed by atoms with Crippen molar-refractivity contribution in [3.8, 4) is 11.4 Å². The predicted octanol–water partition coefficient (Wildman–Crippen LogP) is 2.16. The number of hydrogen-bond acceptors (Lipinski definition) is 7. The average molecular weight is 422 g/mol. The molecule has 2 N–H and O–H groups in total. The number of sulfonamides is 1. The summed E-state index contributed by atoms with van der Waals surface area (Å²) in [5.41, 5.74) is 7.44. The summed E-state index contributed by atoms with van der Waals surface area (Å²) in [6.07, 6.45) is 1.24. The number of halogens is 1. The summed E-state index contributed by atoms with van der Waals surface area (Å²) in [5.74, 6) is 0.428. The number of nitrogen functional groups attached to an aromatic ring is 1. The lowest BCUT2D eigenvalue weighted by molar-refractivity contribution is 0.183. The van der Waals surface area contributed by atoms with Crippen LogP contribution in [-0.4, -0.2) is 60.0 Å². The topological polar surface area (TPSA) is 92.4 Å². The van der Waals surface area contributed by atoms with Crippen LogP contribution in [0.1, 0.15) is 4.88 Å². The predicted molar refractivity (Wildman–Crippen MR) is 109 cm³/mol. The van der Waals surface area contributed by atoms with Gasteiger partial charge in [-0.05, 0) is 18.2 Å². The Morgan fingerprint density at radius 3 is 2.61 bits per heavy atom. The number of thiophene rings is 1. The van der Waals surface area contributed by atoms with Crippen LogP contribution in [0.4, 0.5) is 10.2 Å². The zero-order valence-corrected chi connectivity index (χ0v) is 16.9. The van der Waals surface area contributed by atoms with Crippen molar-refractivity contribution in [2.75, 3.05) is 38.2 Å². The molecule has 4 rings (SSSR count). The van der Waals surface area contributed by atoms with Crippen molar-refractivity contribution in [3.05, 3.63) is 41.0 Å². The third kappa shape index (κ3) is 4.00. The van der Waals surface area contributed by atoms with E-state index in [9.17, 15) is 12.8 Å². The van der Waals surface area contributed by atoms with Crippen LogP contribution in [0.5, 0.6) is 0 Å². The largest absolute Gasteiger partial charge is 0.382 e. The van der Waals surface area contributed by atoms with Gasteiger partial charge in [-0.3, -0.25) is 4.90 Å². The lowest BCUT2D eigenvalue weighted by Gasteiger charge is -2.32. The van der Waals surface area contributed by atoms with Gasteiger partial charge in [0.05, 0.1) is 16.5 Å². The summed E-state index contributed by atoms with van der Waals surface area (Å²) in [7, 11) is -3.13. The van der Waals surface area contributed by atoms with Crippen LogP contribution >= 0.6 is 11.3 Å². The summed E-state index contributed by atoms with van der Waals surface area (Å²) in [6, 6.07) is 8.10. The van der Waals surface area contributed by atoms with Crippen LogP contribution in [0.15, 0.2) is 30.3 Å². The molecule has 0 bridgehead atoms. The fourth-order valence-corrected chi connectivity index (χ4v) is 5.14. The lowest BCUT2D eigenvalue weighted by Crippen LogP contribution is -2.47. The summed E-state index contributed by atoms with van der Waals surface area (Å²) in [5, 5.41) is 0. The molecule has 1 fully saturated rings. The highest BCUT2D eigenvalue weighted by Gasteiger charge is 2.24. The highest BCUT2D eigenvalue weighted by molar-refractivity contribution is 7.88. The van der Waals surface area contributed by atoms with E-state index in [0.29, 0.717) is 49.9 Å². The molecule has 3 heterocycles. The third-order valence-corrected chi connectivity index (χ3v) is 7.15. The molecule has 1 aromatic carbocycles. The Morgan fingerprint density at radius 1 is 1.18 bits per heavy atom. The van der Waals surface area contributed by atoms with Gasteiger partial charge in [-0.25, -0.2) is 22.8 Å². The van der Waals surface area contributed by atoms with Crippen LogP contribution < -0.4 is 5.73 Å². The molecule has 1 saturated heterocycles. The van der Waals surface area contributed by atoms with Crippen molar-refractivity contribution in [1.82, 2.24) is 19.2 Å². The fraction of sp³-hybridized carbons (Fsp3) is 0.333. The minimum absolute atomic E-state index is 0.348. The second-order valence-corrected chi connectivity index (χ2v) is 9.93. The number of aromatic nitrogens is 2. The van der Waals surface area contributed by atoms with Crippen molar-refractivity contribution in [3.63, 3.8) is 0 Å². The maximum Gasteiger partial charge on any atom is 0.211 e. The minimum Gasteiger partial charge on any atom is -0.382 e. The van der Waals surface area contributed by atoms with E-state index in [2.05, 4.69) is 14.9 Å². The van der Waals surface area contributed by atoms with Gasteiger partial charge >= 0.3 is 0 Å². The van der Waals surface area contributed by atoms with E-state index in [0.717, 1.165) is 15.1 Å². The molecule has 7 nitrogen and oxygen atoms in total. The monoisotopic (exact) mass is 421 g/mol. The maximum atomic E-state index is 13.5. The molecule has 1 aliphatic heterocycles. The number of nitrogens with zero attached hydrogens (tertiary/aromatic N) is 4. The molecule has 0 saturated carbocycles. The number of anilines is 1. The second-order valence-electron chi connectivity index (χ2n) is 6.81. The first-order valence-electron chi connectivity index (χ1n) is 8.79. The van der Waals surface area contributed by atoms with Crippen molar-refractivity contribution < 1.29 is 12.8 Å². The van der Waals surface area contributed by atoms with Gasteiger partial charge in [0.1, 0.15) is 11.6 Å². The second kappa shape index (κ2) is 7.36. The van der Waals surface area contributed by atoms with Gasteiger partial charge in [-0.15, -0.1) is 11.3 Å². The van der Waals surface area contributed by atoms with Crippen LogP contribution in [0.25, 0.3) is 21.6 Å².